The van der Waals surface area contributed by atoms with Crippen LogP contribution in [-0.4, -0.2) is 47.7 Å². The summed E-state index contributed by atoms with van der Waals surface area (Å²) < 4.78 is 0. The van der Waals surface area contributed by atoms with Crippen LogP contribution in [0.15, 0.2) is 0 Å². The van der Waals surface area contributed by atoms with Gasteiger partial charge in [-0.15, -0.1) is 0 Å². The van der Waals surface area contributed by atoms with Gasteiger partial charge < -0.3 is 21.3 Å². The third kappa shape index (κ3) is 2.92. The molecule has 1 saturated heterocycles. The van der Waals surface area contributed by atoms with Crippen molar-refractivity contribution < 1.29 is 0 Å². The Labute approximate surface area is 119 Å². The summed E-state index contributed by atoms with van der Waals surface area (Å²) in [6.07, 6.45) is 5.05. The lowest BCUT2D eigenvalue weighted by Crippen LogP contribution is -2.30. The molecular weight excluding hydrogens is 254 g/mol. The summed E-state index contributed by atoms with van der Waals surface area (Å²) in [5, 5.41) is 6.58. The van der Waals surface area contributed by atoms with Crippen molar-refractivity contribution in [3.63, 3.8) is 0 Å². The Balaban J connectivity index is 1.66. The number of likely N-dealkylation sites (N-methyl/N-ethyl adjacent to an activating group) is 1. The number of nitrogens with zero attached hydrogens (tertiary/aromatic N) is 4. The molecule has 20 heavy (non-hydrogen) atoms. The van der Waals surface area contributed by atoms with Gasteiger partial charge >= 0.3 is 0 Å². The molecule has 0 aromatic carbocycles. The summed E-state index contributed by atoms with van der Waals surface area (Å²) in [6, 6.07) is 0.499. The molecule has 1 aromatic rings. The highest BCUT2D eigenvalue weighted by atomic mass is 15.3. The van der Waals surface area contributed by atoms with Gasteiger partial charge in [-0.2, -0.15) is 15.0 Å². The van der Waals surface area contributed by atoms with Crippen LogP contribution in [0.25, 0.3) is 0 Å². The van der Waals surface area contributed by atoms with Crippen LogP contribution in [0.2, 0.25) is 0 Å². The van der Waals surface area contributed by atoms with Crippen molar-refractivity contribution in [1.29, 1.82) is 0 Å². The molecule has 0 amide bonds. The highest BCUT2D eigenvalue weighted by Crippen LogP contribution is 2.26. The average molecular weight is 277 g/mol. The van der Waals surface area contributed by atoms with E-state index in [1.54, 1.807) is 0 Å². The second-order valence-electron chi connectivity index (χ2n) is 5.72. The zero-order valence-corrected chi connectivity index (χ0v) is 12.0. The van der Waals surface area contributed by atoms with Crippen molar-refractivity contribution >= 4 is 17.8 Å². The van der Waals surface area contributed by atoms with E-state index in [0.29, 0.717) is 23.9 Å². The molecule has 1 aromatic heterocycles. The minimum absolute atomic E-state index is 0.291. The summed E-state index contributed by atoms with van der Waals surface area (Å²) in [4.78, 5) is 15.1. The monoisotopic (exact) mass is 277 g/mol. The lowest BCUT2D eigenvalue weighted by molar-refractivity contribution is 0.333. The average Bonchev–Trinajstić information content (AvgIpc) is 2.85. The number of nitrogens with one attached hydrogen (secondary N) is 2. The van der Waals surface area contributed by atoms with Crippen LogP contribution in [0.1, 0.15) is 25.7 Å². The van der Waals surface area contributed by atoms with E-state index in [-0.39, 0.29) is 0 Å². The van der Waals surface area contributed by atoms with Gasteiger partial charge in [0.1, 0.15) is 0 Å². The molecule has 7 nitrogen and oxygen atoms in total. The highest BCUT2D eigenvalue weighted by Gasteiger charge is 2.24. The second kappa shape index (κ2) is 5.78. The van der Waals surface area contributed by atoms with Gasteiger partial charge in [0.15, 0.2) is 0 Å². The number of nitrogens with two attached hydrogens (primary N) is 1. The first kappa shape index (κ1) is 13.4. The van der Waals surface area contributed by atoms with E-state index in [1.807, 2.05) is 7.05 Å². The number of nitrogen functional groups attached to an aromatic ring is 1. The van der Waals surface area contributed by atoms with Crippen molar-refractivity contribution in [2.24, 2.45) is 5.92 Å². The van der Waals surface area contributed by atoms with E-state index in [9.17, 15) is 0 Å². The molecule has 0 radical (unpaired) electrons. The lowest BCUT2D eigenvalue weighted by Gasteiger charge is -2.25. The molecule has 0 unspecified atom stereocenters. The molecule has 3 rings (SSSR count). The van der Waals surface area contributed by atoms with Gasteiger partial charge in [0.25, 0.3) is 0 Å². The molecule has 0 spiro atoms. The van der Waals surface area contributed by atoms with Crippen LogP contribution >= 0.6 is 0 Å². The van der Waals surface area contributed by atoms with Crippen LogP contribution in [0.5, 0.6) is 0 Å². The Kier molecular flexibility index (Phi) is 3.86. The van der Waals surface area contributed by atoms with E-state index in [2.05, 4.69) is 30.5 Å². The maximum absolute atomic E-state index is 5.80. The maximum Gasteiger partial charge on any atom is 0.232 e. The Morgan fingerprint density at radius 3 is 2.75 bits per heavy atom. The number of hydrogen-bond donors (Lipinski definition) is 3. The van der Waals surface area contributed by atoms with Crippen LogP contribution in [-0.2, 0) is 0 Å². The number of rotatable bonds is 5. The Morgan fingerprint density at radius 2 is 2.10 bits per heavy atom. The fourth-order valence-corrected chi connectivity index (χ4v) is 2.71. The van der Waals surface area contributed by atoms with Crippen molar-refractivity contribution in [3.8, 4) is 0 Å². The maximum atomic E-state index is 5.80. The molecule has 2 heterocycles. The molecule has 1 aliphatic heterocycles. The zero-order chi connectivity index (χ0) is 13.9. The van der Waals surface area contributed by atoms with Gasteiger partial charge in [0.2, 0.25) is 17.8 Å². The van der Waals surface area contributed by atoms with Crippen LogP contribution in [0.4, 0.5) is 17.8 Å². The Hall–Kier alpha value is -1.63. The van der Waals surface area contributed by atoms with E-state index in [1.165, 1.54) is 19.3 Å². The van der Waals surface area contributed by atoms with Crippen molar-refractivity contribution in [2.45, 2.75) is 31.7 Å². The largest absolute Gasteiger partial charge is 0.368 e. The topological polar surface area (TPSA) is 92.0 Å². The number of hydrogen-bond acceptors (Lipinski definition) is 7. The number of anilines is 3. The van der Waals surface area contributed by atoms with Gasteiger partial charge in [-0.3, -0.25) is 0 Å². The SMILES string of the molecule is CN[C@@H]1CCN(c2nc(N)nc(NCC3CCC3)n2)C1. The quantitative estimate of drug-likeness (QED) is 0.720. The molecule has 1 aliphatic carbocycles. The highest BCUT2D eigenvalue weighted by molar-refractivity contribution is 5.42. The van der Waals surface area contributed by atoms with Crippen molar-refractivity contribution in [1.82, 2.24) is 20.3 Å². The zero-order valence-electron chi connectivity index (χ0n) is 12.0. The fraction of sp³-hybridized carbons (Fsp3) is 0.769. The third-order valence-corrected chi connectivity index (χ3v) is 4.29. The van der Waals surface area contributed by atoms with Crippen LogP contribution < -0.4 is 21.3 Å². The van der Waals surface area contributed by atoms with Gasteiger partial charge in [0.05, 0.1) is 0 Å². The summed E-state index contributed by atoms with van der Waals surface area (Å²) in [6.45, 7) is 2.81. The molecule has 0 bridgehead atoms. The normalized spacial score (nSPS) is 22.9. The van der Waals surface area contributed by atoms with Crippen molar-refractivity contribution in [2.75, 3.05) is 42.6 Å². The first-order chi connectivity index (χ1) is 9.74. The molecule has 2 aliphatic rings. The summed E-state index contributed by atoms with van der Waals surface area (Å²) >= 11 is 0. The minimum atomic E-state index is 0.291. The fourth-order valence-electron chi connectivity index (χ4n) is 2.71. The Bertz CT molecular complexity index is 460. The molecule has 4 N–H and O–H groups in total. The van der Waals surface area contributed by atoms with E-state index < -0.39 is 0 Å². The van der Waals surface area contributed by atoms with Gasteiger partial charge in [0, 0.05) is 25.7 Å². The van der Waals surface area contributed by atoms with Crippen molar-refractivity contribution in [3.05, 3.63) is 0 Å². The van der Waals surface area contributed by atoms with Gasteiger partial charge in [-0.25, -0.2) is 0 Å². The van der Waals surface area contributed by atoms with E-state index >= 15 is 0 Å². The molecule has 110 valence electrons. The van der Waals surface area contributed by atoms with Gasteiger partial charge in [-0.1, -0.05) is 6.42 Å². The smallest absolute Gasteiger partial charge is 0.232 e. The first-order valence-corrected chi connectivity index (χ1v) is 7.42. The summed E-state index contributed by atoms with van der Waals surface area (Å²) in [7, 11) is 1.99. The van der Waals surface area contributed by atoms with Crippen LogP contribution in [0.3, 0.4) is 0 Å². The Morgan fingerprint density at radius 1 is 1.25 bits per heavy atom. The molecule has 7 heteroatoms. The first-order valence-electron chi connectivity index (χ1n) is 7.42. The third-order valence-electron chi connectivity index (χ3n) is 4.29. The van der Waals surface area contributed by atoms with E-state index in [4.69, 9.17) is 5.73 Å². The van der Waals surface area contributed by atoms with Crippen LogP contribution in [0, 0.1) is 5.92 Å². The summed E-state index contributed by atoms with van der Waals surface area (Å²) in [5.74, 6) is 2.34. The lowest BCUT2D eigenvalue weighted by atomic mass is 9.85. The molecule has 1 atom stereocenters. The predicted molar refractivity (Wildman–Crippen MR) is 79.7 cm³/mol. The minimum Gasteiger partial charge on any atom is -0.368 e. The number of aromatic nitrogens is 3. The predicted octanol–water partition coefficient (Wildman–Crippen LogP) is 0.464. The molecule has 2 fully saturated rings. The molecular formula is C13H23N7. The van der Waals surface area contributed by atoms with Gasteiger partial charge in [-0.05, 0) is 32.2 Å². The second-order valence-corrected chi connectivity index (χ2v) is 5.72. The molecule has 1 saturated carbocycles. The standard InChI is InChI=1S/C13H23N7/c1-15-10-5-6-20(8-10)13-18-11(14)17-12(19-13)16-7-9-3-2-4-9/h9-10,15H,2-8H2,1H3,(H3,14,16,17,18,19)/t10-/m1/s1. The van der Waals surface area contributed by atoms with E-state index in [0.717, 1.165) is 32.0 Å². The summed E-state index contributed by atoms with van der Waals surface area (Å²) in [5.41, 5.74) is 5.80.